The van der Waals surface area contributed by atoms with Crippen LogP contribution in [0.1, 0.15) is 42.7 Å². The Labute approximate surface area is 194 Å². The van der Waals surface area contributed by atoms with Gasteiger partial charge in [0.05, 0.1) is 16.1 Å². The number of ether oxygens (including phenoxy) is 1. The van der Waals surface area contributed by atoms with Crippen LogP contribution in [0.4, 0.5) is 5.13 Å². The number of aryl methyl sites for hydroxylation is 1. The molecule has 2 aromatic heterocycles. The van der Waals surface area contributed by atoms with Crippen LogP contribution in [0, 0.1) is 12.8 Å². The van der Waals surface area contributed by atoms with Crippen molar-refractivity contribution < 1.29 is 9.53 Å². The Morgan fingerprint density at radius 3 is 2.81 bits per heavy atom. The third kappa shape index (κ3) is 4.38. The van der Waals surface area contributed by atoms with Crippen molar-refractivity contribution in [2.45, 2.75) is 45.6 Å². The molecule has 0 saturated heterocycles. The summed E-state index contributed by atoms with van der Waals surface area (Å²) < 4.78 is 10.3. The minimum Gasteiger partial charge on any atom is -0.487 e. The first-order chi connectivity index (χ1) is 15.7. The summed E-state index contributed by atoms with van der Waals surface area (Å²) in [5.41, 5.74) is 2.59. The summed E-state index contributed by atoms with van der Waals surface area (Å²) in [5, 5.41) is 12.1. The lowest BCUT2D eigenvalue weighted by Gasteiger charge is -2.19. The van der Waals surface area contributed by atoms with Gasteiger partial charge in [0.25, 0.3) is 0 Å². The fourth-order valence-electron chi connectivity index (χ4n) is 4.23. The van der Waals surface area contributed by atoms with Crippen molar-refractivity contribution in [3.05, 3.63) is 52.3 Å². The first kappa shape index (κ1) is 21.0. The molecule has 2 aromatic carbocycles. The Bertz CT molecular complexity index is 1240. The zero-order valence-electron chi connectivity index (χ0n) is 17.8. The van der Waals surface area contributed by atoms with E-state index in [-0.39, 0.29) is 11.8 Å². The van der Waals surface area contributed by atoms with Crippen LogP contribution in [0.2, 0.25) is 0 Å². The average Bonchev–Trinajstić information content (AvgIpc) is 3.46. The van der Waals surface area contributed by atoms with Crippen molar-refractivity contribution >= 4 is 44.7 Å². The number of anilines is 1. The predicted molar refractivity (Wildman–Crippen MR) is 129 cm³/mol. The van der Waals surface area contributed by atoms with Crippen molar-refractivity contribution in [1.82, 2.24) is 14.6 Å². The number of amides is 1. The van der Waals surface area contributed by atoms with E-state index in [1.165, 1.54) is 29.3 Å². The first-order valence-corrected chi connectivity index (χ1v) is 12.5. The summed E-state index contributed by atoms with van der Waals surface area (Å²) in [4.78, 5) is 18.1. The second-order valence-electron chi connectivity index (χ2n) is 8.09. The van der Waals surface area contributed by atoms with Crippen LogP contribution in [-0.4, -0.2) is 20.5 Å². The van der Waals surface area contributed by atoms with Crippen molar-refractivity contribution in [2.75, 3.05) is 5.32 Å². The van der Waals surface area contributed by atoms with E-state index in [2.05, 4.69) is 38.1 Å². The highest BCUT2D eigenvalue weighted by Crippen LogP contribution is 2.38. The zero-order chi connectivity index (χ0) is 21.9. The molecule has 164 valence electrons. The number of hydrogen-bond donors (Lipinski definition) is 1. The van der Waals surface area contributed by atoms with E-state index < -0.39 is 0 Å². The highest BCUT2D eigenvalue weighted by atomic mass is 32.1. The monoisotopic (exact) mass is 464 g/mol. The minimum absolute atomic E-state index is 0.0924. The van der Waals surface area contributed by atoms with Gasteiger partial charge in [0.15, 0.2) is 5.13 Å². The number of carbonyl (C=O) groups is 1. The minimum atomic E-state index is 0.0924. The summed E-state index contributed by atoms with van der Waals surface area (Å²) in [5.74, 6) is 0.956. The van der Waals surface area contributed by atoms with Gasteiger partial charge in [0.1, 0.15) is 18.1 Å². The molecule has 1 aliphatic rings. The highest BCUT2D eigenvalue weighted by Gasteiger charge is 2.22. The van der Waals surface area contributed by atoms with Crippen molar-refractivity contribution in [2.24, 2.45) is 5.92 Å². The molecule has 4 aromatic rings. The lowest BCUT2D eigenvalue weighted by atomic mass is 9.89. The fraction of sp³-hybridized carbons (Fsp3) is 0.333. The number of hydrogen-bond acceptors (Lipinski definition) is 7. The van der Waals surface area contributed by atoms with Gasteiger partial charge in [-0.2, -0.15) is 0 Å². The van der Waals surface area contributed by atoms with Gasteiger partial charge in [-0.05, 0) is 48.1 Å². The van der Waals surface area contributed by atoms with E-state index in [0.29, 0.717) is 11.7 Å². The van der Waals surface area contributed by atoms with Crippen molar-refractivity contribution in [3.63, 3.8) is 0 Å². The molecule has 8 heteroatoms. The number of benzene rings is 2. The molecule has 0 bridgehead atoms. The lowest BCUT2D eigenvalue weighted by molar-refractivity contribution is -0.120. The van der Waals surface area contributed by atoms with Gasteiger partial charge >= 0.3 is 0 Å². The van der Waals surface area contributed by atoms with Gasteiger partial charge in [-0.15, -0.1) is 16.4 Å². The molecule has 5 rings (SSSR count). The largest absolute Gasteiger partial charge is 0.487 e. The molecule has 0 spiro atoms. The fourth-order valence-corrected chi connectivity index (χ4v) is 5.41. The normalized spacial score (nSPS) is 14.5. The van der Waals surface area contributed by atoms with Gasteiger partial charge in [-0.3, -0.25) is 4.79 Å². The Kier molecular flexibility index (Phi) is 6.14. The Hall–Kier alpha value is -2.84. The summed E-state index contributed by atoms with van der Waals surface area (Å²) in [7, 11) is 0. The van der Waals surface area contributed by atoms with E-state index in [1.807, 2.05) is 30.5 Å². The molecule has 6 nitrogen and oxygen atoms in total. The first-order valence-electron chi connectivity index (χ1n) is 10.9. The second-order valence-corrected chi connectivity index (χ2v) is 9.91. The molecule has 1 aliphatic carbocycles. The number of aromatic nitrogens is 3. The van der Waals surface area contributed by atoms with Gasteiger partial charge in [0, 0.05) is 11.3 Å². The van der Waals surface area contributed by atoms with Gasteiger partial charge in [-0.1, -0.05) is 54.1 Å². The zero-order valence-corrected chi connectivity index (χ0v) is 19.5. The van der Waals surface area contributed by atoms with E-state index in [0.717, 1.165) is 64.0 Å². The summed E-state index contributed by atoms with van der Waals surface area (Å²) in [6, 6.07) is 12.2. The van der Waals surface area contributed by atoms with E-state index in [4.69, 9.17) is 4.74 Å². The maximum absolute atomic E-state index is 12.5. The van der Waals surface area contributed by atoms with E-state index in [9.17, 15) is 4.79 Å². The topological polar surface area (TPSA) is 77.0 Å². The molecule has 1 fully saturated rings. The third-order valence-electron chi connectivity index (χ3n) is 5.91. The van der Waals surface area contributed by atoms with Crippen molar-refractivity contribution in [3.8, 4) is 17.0 Å². The number of rotatable bonds is 6. The number of fused-ring (bicyclic) bond motifs is 1. The maximum atomic E-state index is 12.5. The lowest BCUT2D eigenvalue weighted by Crippen LogP contribution is -2.24. The number of nitrogens with zero attached hydrogens (tertiary/aromatic N) is 3. The Balaban J connectivity index is 1.34. The molecule has 1 amide bonds. The van der Waals surface area contributed by atoms with Gasteiger partial charge in [-0.25, -0.2) is 4.98 Å². The van der Waals surface area contributed by atoms with Gasteiger partial charge < -0.3 is 10.1 Å². The molecule has 0 radical (unpaired) electrons. The van der Waals surface area contributed by atoms with Crippen LogP contribution in [0.3, 0.4) is 0 Å². The van der Waals surface area contributed by atoms with Gasteiger partial charge in [0.2, 0.25) is 5.91 Å². The van der Waals surface area contributed by atoms with Crippen LogP contribution in [-0.2, 0) is 11.4 Å². The molecular weight excluding hydrogens is 440 g/mol. The molecule has 32 heavy (non-hydrogen) atoms. The van der Waals surface area contributed by atoms with Crippen LogP contribution >= 0.6 is 22.9 Å². The van der Waals surface area contributed by atoms with Crippen LogP contribution in [0.25, 0.3) is 22.0 Å². The molecule has 0 atom stereocenters. The van der Waals surface area contributed by atoms with Crippen LogP contribution in [0.5, 0.6) is 5.75 Å². The standard InChI is InChI=1S/C24H24N4O2S2/c1-15-22(27-28-32-15)21-19-10-6-5-7-16(19)11-12-20(21)30-13-18-14-31-24(25-18)26-23(29)17-8-3-2-4-9-17/h5-7,10-12,14,17H,2-4,8-9,13H2,1H3,(H,25,26,29). The summed E-state index contributed by atoms with van der Waals surface area (Å²) in [6.45, 7) is 2.34. The molecular formula is C24H24N4O2S2. The third-order valence-corrected chi connectivity index (χ3v) is 7.35. The smallest absolute Gasteiger partial charge is 0.229 e. The number of nitrogens with one attached hydrogen (secondary N) is 1. The molecule has 1 N–H and O–H groups in total. The molecule has 0 unspecified atom stereocenters. The predicted octanol–water partition coefficient (Wildman–Crippen LogP) is 6.22. The van der Waals surface area contributed by atoms with Crippen LogP contribution < -0.4 is 10.1 Å². The SMILES string of the molecule is Cc1snnc1-c1c(OCc2csc(NC(=O)C3CCCCC3)n2)ccc2ccccc12. The van der Waals surface area contributed by atoms with Crippen molar-refractivity contribution in [1.29, 1.82) is 0 Å². The number of thiazole rings is 1. The van der Waals surface area contributed by atoms with Crippen LogP contribution in [0.15, 0.2) is 41.8 Å². The molecule has 0 aliphatic heterocycles. The summed E-state index contributed by atoms with van der Waals surface area (Å²) in [6.07, 6.45) is 5.45. The summed E-state index contributed by atoms with van der Waals surface area (Å²) >= 11 is 2.82. The molecule has 1 saturated carbocycles. The molecule has 2 heterocycles. The van der Waals surface area contributed by atoms with E-state index >= 15 is 0 Å². The van der Waals surface area contributed by atoms with E-state index in [1.54, 1.807) is 0 Å². The Morgan fingerprint density at radius 1 is 1.16 bits per heavy atom. The number of carbonyl (C=O) groups excluding carboxylic acids is 1. The highest BCUT2D eigenvalue weighted by molar-refractivity contribution is 7.13. The Morgan fingerprint density at radius 2 is 2.00 bits per heavy atom. The average molecular weight is 465 g/mol. The quantitative estimate of drug-likeness (QED) is 0.366. The maximum Gasteiger partial charge on any atom is 0.229 e. The second kappa shape index (κ2) is 9.34.